The molecule has 0 atom stereocenters. The maximum atomic E-state index is 12.9. The summed E-state index contributed by atoms with van der Waals surface area (Å²) in [6.07, 6.45) is 1.77. The van der Waals surface area contributed by atoms with E-state index < -0.39 is 10.0 Å². The van der Waals surface area contributed by atoms with Gasteiger partial charge in [0.2, 0.25) is 16.8 Å². The van der Waals surface area contributed by atoms with Crippen LogP contribution >= 0.6 is 0 Å². The summed E-state index contributed by atoms with van der Waals surface area (Å²) in [5.74, 6) is 2.53. The van der Waals surface area contributed by atoms with Gasteiger partial charge in [-0.15, -0.1) is 0 Å². The third-order valence-electron chi connectivity index (χ3n) is 7.13. The quantitative estimate of drug-likeness (QED) is 0.560. The van der Waals surface area contributed by atoms with Gasteiger partial charge in [-0.1, -0.05) is 13.0 Å². The van der Waals surface area contributed by atoms with E-state index in [-0.39, 0.29) is 24.2 Å². The van der Waals surface area contributed by atoms with E-state index in [1.165, 1.54) is 0 Å². The second-order valence-corrected chi connectivity index (χ2v) is 11.6. The summed E-state index contributed by atoms with van der Waals surface area (Å²) < 4.78 is 43.8. The van der Waals surface area contributed by atoms with Crippen molar-refractivity contribution in [3.63, 3.8) is 0 Å². The minimum atomic E-state index is -3.50. The Bertz CT molecular complexity index is 1170. The molecule has 3 aliphatic heterocycles. The molecule has 2 fully saturated rings. The maximum Gasteiger partial charge on any atom is 0.260 e. The molecule has 0 spiro atoms. The molecule has 0 N–H and O–H groups in total. The lowest BCUT2D eigenvalue weighted by molar-refractivity contribution is -0.135. The van der Waals surface area contributed by atoms with Crippen molar-refractivity contribution in [3.8, 4) is 17.2 Å². The van der Waals surface area contributed by atoms with Crippen molar-refractivity contribution in [2.75, 3.05) is 52.7 Å². The number of rotatable bonds is 7. The van der Waals surface area contributed by atoms with Gasteiger partial charge in [0, 0.05) is 45.8 Å². The second kappa shape index (κ2) is 10.7. The first kappa shape index (κ1) is 24.9. The highest BCUT2D eigenvalue weighted by atomic mass is 32.2. The normalized spacial score (nSPS) is 19.4. The van der Waals surface area contributed by atoms with Gasteiger partial charge in [-0.05, 0) is 60.7 Å². The second-order valence-electron chi connectivity index (χ2n) is 9.69. The molecule has 10 heteroatoms. The largest absolute Gasteiger partial charge is 0.484 e. The molecular formula is C26H33N3O6S. The molecule has 0 aromatic heterocycles. The maximum absolute atomic E-state index is 12.9. The smallest absolute Gasteiger partial charge is 0.260 e. The molecule has 3 aliphatic rings. The Morgan fingerprint density at radius 1 is 0.944 bits per heavy atom. The number of piperazine rings is 1. The predicted octanol–water partition coefficient (Wildman–Crippen LogP) is 2.56. The summed E-state index contributed by atoms with van der Waals surface area (Å²) in [5.41, 5.74) is 1.16. The van der Waals surface area contributed by atoms with Crippen LogP contribution in [0.15, 0.2) is 47.4 Å². The molecule has 0 saturated carbocycles. The van der Waals surface area contributed by atoms with Gasteiger partial charge in [0.1, 0.15) is 5.75 Å². The molecule has 0 bridgehead atoms. The minimum Gasteiger partial charge on any atom is -0.484 e. The van der Waals surface area contributed by atoms with Crippen molar-refractivity contribution in [2.24, 2.45) is 5.92 Å². The highest BCUT2D eigenvalue weighted by Crippen LogP contribution is 2.33. The Hall–Kier alpha value is -2.82. The first-order chi connectivity index (χ1) is 17.4. The Morgan fingerprint density at radius 2 is 1.64 bits per heavy atom. The number of fused-ring (bicyclic) bond motifs is 1. The summed E-state index contributed by atoms with van der Waals surface area (Å²) in [6.45, 7) is 7.09. The van der Waals surface area contributed by atoms with E-state index in [1.807, 2.05) is 23.1 Å². The molecule has 0 radical (unpaired) electrons. The van der Waals surface area contributed by atoms with Crippen molar-refractivity contribution in [1.82, 2.24) is 14.1 Å². The van der Waals surface area contributed by atoms with E-state index in [2.05, 4.69) is 11.8 Å². The van der Waals surface area contributed by atoms with Gasteiger partial charge in [0.25, 0.3) is 5.91 Å². The van der Waals surface area contributed by atoms with Crippen molar-refractivity contribution < 1.29 is 27.4 Å². The van der Waals surface area contributed by atoms with Crippen LogP contribution in [-0.2, 0) is 21.4 Å². The number of nitrogens with zero attached hydrogens (tertiary/aromatic N) is 3. The molecule has 1 amide bonds. The zero-order chi connectivity index (χ0) is 25.1. The Morgan fingerprint density at radius 3 is 2.36 bits per heavy atom. The molecule has 9 nitrogen and oxygen atoms in total. The van der Waals surface area contributed by atoms with Crippen molar-refractivity contribution in [2.45, 2.75) is 31.2 Å². The van der Waals surface area contributed by atoms with Crippen LogP contribution in [0.1, 0.15) is 25.3 Å². The fourth-order valence-corrected chi connectivity index (χ4v) is 6.24. The number of carbonyl (C=O) groups is 1. The average Bonchev–Trinajstić information content (AvgIpc) is 3.36. The van der Waals surface area contributed by atoms with Gasteiger partial charge in [0.15, 0.2) is 18.1 Å². The molecule has 3 heterocycles. The predicted molar refractivity (Wildman–Crippen MR) is 134 cm³/mol. The summed E-state index contributed by atoms with van der Waals surface area (Å²) >= 11 is 0. The Labute approximate surface area is 212 Å². The first-order valence-electron chi connectivity index (χ1n) is 12.5. The SMILES string of the molecule is CC1CCN(S(=O)(=O)c2ccc(OCC(=O)N3CCN(Cc4ccc5c(c4)OCO5)CC3)cc2)CC1. The summed E-state index contributed by atoms with van der Waals surface area (Å²) in [5, 5.41) is 0. The van der Waals surface area contributed by atoms with Crippen LogP contribution in [-0.4, -0.2) is 81.1 Å². The van der Waals surface area contributed by atoms with E-state index in [0.717, 1.165) is 49.5 Å². The van der Waals surface area contributed by atoms with Crippen molar-refractivity contribution in [3.05, 3.63) is 48.0 Å². The fraction of sp³-hybridized carbons (Fsp3) is 0.500. The minimum absolute atomic E-state index is 0.0712. The zero-order valence-corrected chi connectivity index (χ0v) is 21.4. The van der Waals surface area contributed by atoms with Gasteiger partial charge in [-0.3, -0.25) is 9.69 Å². The standard InChI is InChI=1S/C26H33N3O6S/c1-20-8-10-29(11-9-20)36(31,32)23-5-3-22(4-6-23)33-18-26(30)28-14-12-27(13-15-28)17-21-2-7-24-25(16-21)35-19-34-24/h2-7,16,20H,8-15,17-19H2,1H3. The topological polar surface area (TPSA) is 88.6 Å². The van der Waals surface area contributed by atoms with Gasteiger partial charge in [0.05, 0.1) is 4.90 Å². The van der Waals surface area contributed by atoms with Crippen LogP contribution in [0.4, 0.5) is 0 Å². The number of carbonyl (C=O) groups excluding carboxylic acids is 1. The van der Waals surface area contributed by atoms with E-state index >= 15 is 0 Å². The molecule has 36 heavy (non-hydrogen) atoms. The van der Waals surface area contributed by atoms with Crippen molar-refractivity contribution in [1.29, 1.82) is 0 Å². The average molecular weight is 516 g/mol. The molecule has 0 unspecified atom stereocenters. The Balaban J connectivity index is 1.07. The lowest BCUT2D eigenvalue weighted by Gasteiger charge is -2.34. The number of ether oxygens (including phenoxy) is 3. The monoisotopic (exact) mass is 515 g/mol. The third-order valence-corrected chi connectivity index (χ3v) is 9.05. The third kappa shape index (κ3) is 5.61. The highest BCUT2D eigenvalue weighted by molar-refractivity contribution is 7.89. The zero-order valence-electron chi connectivity index (χ0n) is 20.6. The molecule has 0 aliphatic carbocycles. The summed E-state index contributed by atoms with van der Waals surface area (Å²) in [7, 11) is -3.50. The number of hydrogen-bond acceptors (Lipinski definition) is 7. The number of sulfonamides is 1. The lowest BCUT2D eigenvalue weighted by Crippen LogP contribution is -2.49. The van der Waals surface area contributed by atoms with Gasteiger partial charge >= 0.3 is 0 Å². The van der Waals surface area contributed by atoms with Crippen LogP contribution in [0.25, 0.3) is 0 Å². The van der Waals surface area contributed by atoms with Crippen LogP contribution < -0.4 is 14.2 Å². The number of benzene rings is 2. The number of hydrogen-bond donors (Lipinski definition) is 0. The first-order valence-corrected chi connectivity index (χ1v) is 13.9. The van der Waals surface area contributed by atoms with Crippen LogP contribution in [0.3, 0.4) is 0 Å². The van der Waals surface area contributed by atoms with Gasteiger partial charge in [-0.25, -0.2) is 8.42 Å². The van der Waals surface area contributed by atoms with E-state index in [0.29, 0.717) is 37.8 Å². The van der Waals surface area contributed by atoms with Crippen LogP contribution in [0, 0.1) is 5.92 Å². The van der Waals surface area contributed by atoms with E-state index in [1.54, 1.807) is 28.6 Å². The summed E-state index contributed by atoms with van der Waals surface area (Å²) in [6, 6.07) is 12.3. The van der Waals surface area contributed by atoms with Gasteiger partial charge in [-0.2, -0.15) is 4.31 Å². The fourth-order valence-electron chi connectivity index (χ4n) is 4.77. The molecule has 2 aromatic carbocycles. The van der Waals surface area contributed by atoms with E-state index in [9.17, 15) is 13.2 Å². The Kier molecular flexibility index (Phi) is 7.36. The van der Waals surface area contributed by atoms with Gasteiger partial charge < -0.3 is 19.1 Å². The highest BCUT2D eigenvalue weighted by Gasteiger charge is 2.28. The van der Waals surface area contributed by atoms with Crippen LogP contribution in [0.2, 0.25) is 0 Å². The van der Waals surface area contributed by atoms with Crippen molar-refractivity contribution >= 4 is 15.9 Å². The lowest BCUT2D eigenvalue weighted by atomic mass is 10.0. The van der Waals surface area contributed by atoms with E-state index in [4.69, 9.17) is 14.2 Å². The number of piperidine rings is 1. The van der Waals surface area contributed by atoms with Crippen LogP contribution in [0.5, 0.6) is 17.2 Å². The summed E-state index contributed by atoms with van der Waals surface area (Å²) in [4.78, 5) is 17.1. The molecule has 5 rings (SSSR count). The molecular weight excluding hydrogens is 482 g/mol. The number of amides is 1. The molecule has 194 valence electrons. The molecule has 2 saturated heterocycles. The molecule has 2 aromatic rings.